The molecule has 0 aliphatic rings. The van der Waals surface area contributed by atoms with Crippen molar-refractivity contribution in [3.05, 3.63) is 17.8 Å². The molecule has 0 aliphatic heterocycles. The first-order valence-corrected chi connectivity index (χ1v) is 7.92. The van der Waals surface area contributed by atoms with Gasteiger partial charge >= 0.3 is 0 Å². The van der Waals surface area contributed by atoms with Gasteiger partial charge in [-0.05, 0) is 45.0 Å². The van der Waals surface area contributed by atoms with Gasteiger partial charge in [0, 0.05) is 24.0 Å². The Labute approximate surface area is 123 Å². The number of nitrogen functional groups attached to an aromatic ring is 1. The van der Waals surface area contributed by atoms with E-state index in [1.54, 1.807) is 0 Å². The van der Waals surface area contributed by atoms with Crippen LogP contribution in [0.4, 0.5) is 11.5 Å². The van der Waals surface area contributed by atoms with Crippen LogP contribution in [-0.4, -0.2) is 36.1 Å². The summed E-state index contributed by atoms with van der Waals surface area (Å²) in [5.41, 5.74) is 8.08. The summed E-state index contributed by atoms with van der Waals surface area (Å²) in [4.78, 5) is 6.87. The molecule has 0 saturated heterocycles. The lowest BCUT2D eigenvalue weighted by Crippen LogP contribution is -2.24. The highest BCUT2D eigenvalue weighted by atomic mass is 15.1. The smallest absolute Gasteiger partial charge is 0.125 e. The van der Waals surface area contributed by atoms with Crippen LogP contribution < -0.4 is 11.1 Å². The number of pyridine rings is 1. The Kier molecular flexibility index (Phi) is 8.04. The Morgan fingerprint density at radius 2 is 1.90 bits per heavy atom. The third-order valence-corrected chi connectivity index (χ3v) is 3.56. The van der Waals surface area contributed by atoms with E-state index in [9.17, 15) is 0 Å². The van der Waals surface area contributed by atoms with Crippen LogP contribution in [0.2, 0.25) is 0 Å². The Balaban J connectivity index is 2.48. The number of nitrogens with zero attached hydrogens (tertiary/aromatic N) is 2. The van der Waals surface area contributed by atoms with E-state index in [0.29, 0.717) is 5.82 Å². The number of nitrogens with one attached hydrogen (secondary N) is 1. The van der Waals surface area contributed by atoms with Gasteiger partial charge in [-0.2, -0.15) is 0 Å². The van der Waals surface area contributed by atoms with Gasteiger partial charge in [0.25, 0.3) is 0 Å². The second-order valence-corrected chi connectivity index (χ2v) is 5.18. The number of aryl methyl sites for hydroxylation is 1. The van der Waals surface area contributed by atoms with Crippen LogP contribution in [0.3, 0.4) is 0 Å². The van der Waals surface area contributed by atoms with Crippen molar-refractivity contribution >= 4 is 11.5 Å². The molecule has 0 saturated carbocycles. The van der Waals surface area contributed by atoms with Crippen LogP contribution in [0.5, 0.6) is 0 Å². The number of hydrogen-bond acceptors (Lipinski definition) is 4. The third kappa shape index (κ3) is 6.24. The van der Waals surface area contributed by atoms with Gasteiger partial charge in [0.15, 0.2) is 0 Å². The summed E-state index contributed by atoms with van der Waals surface area (Å²) < 4.78 is 0. The molecule has 114 valence electrons. The molecule has 4 nitrogen and oxygen atoms in total. The predicted octanol–water partition coefficient (Wildman–Crippen LogP) is 3.15. The topological polar surface area (TPSA) is 54.2 Å². The molecule has 1 heterocycles. The summed E-state index contributed by atoms with van der Waals surface area (Å²) in [5.74, 6) is 0.615. The van der Waals surface area contributed by atoms with Gasteiger partial charge < -0.3 is 16.0 Å². The van der Waals surface area contributed by atoms with Crippen molar-refractivity contribution in [2.75, 3.05) is 37.2 Å². The van der Waals surface area contributed by atoms with E-state index in [1.165, 1.54) is 12.8 Å². The first kappa shape index (κ1) is 16.8. The molecule has 3 N–H and O–H groups in total. The minimum Gasteiger partial charge on any atom is -0.385 e. The van der Waals surface area contributed by atoms with E-state index >= 15 is 0 Å². The van der Waals surface area contributed by atoms with E-state index in [0.717, 1.165) is 50.4 Å². The zero-order chi connectivity index (χ0) is 14.8. The second-order valence-electron chi connectivity index (χ2n) is 5.18. The van der Waals surface area contributed by atoms with Gasteiger partial charge in [-0.1, -0.05) is 27.2 Å². The van der Waals surface area contributed by atoms with Crippen LogP contribution in [0.1, 0.15) is 45.7 Å². The minimum atomic E-state index is 0.615. The average molecular weight is 278 g/mol. The zero-order valence-corrected chi connectivity index (χ0v) is 13.3. The van der Waals surface area contributed by atoms with Crippen molar-refractivity contribution in [1.82, 2.24) is 9.88 Å². The zero-order valence-electron chi connectivity index (χ0n) is 13.3. The molecule has 0 aliphatic carbocycles. The summed E-state index contributed by atoms with van der Waals surface area (Å²) >= 11 is 0. The first-order valence-electron chi connectivity index (χ1n) is 7.92. The van der Waals surface area contributed by atoms with Gasteiger partial charge in [0.2, 0.25) is 0 Å². The second kappa shape index (κ2) is 9.59. The van der Waals surface area contributed by atoms with Crippen molar-refractivity contribution in [2.24, 2.45) is 0 Å². The van der Waals surface area contributed by atoms with Crippen molar-refractivity contribution in [3.8, 4) is 0 Å². The maximum absolute atomic E-state index is 5.89. The number of nitrogens with two attached hydrogens (primary N) is 1. The summed E-state index contributed by atoms with van der Waals surface area (Å²) in [6.07, 6.45) is 4.50. The van der Waals surface area contributed by atoms with E-state index < -0.39 is 0 Å². The van der Waals surface area contributed by atoms with Gasteiger partial charge in [0.1, 0.15) is 5.82 Å². The molecule has 1 rings (SSSR count). The number of unbranched alkanes of at least 4 members (excludes halogenated alkanes) is 1. The molecular weight excluding hydrogens is 248 g/mol. The highest BCUT2D eigenvalue weighted by Gasteiger charge is 2.03. The van der Waals surface area contributed by atoms with Crippen LogP contribution in [0.25, 0.3) is 0 Å². The molecule has 0 unspecified atom stereocenters. The number of aromatic nitrogens is 1. The summed E-state index contributed by atoms with van der Waals surface area (Å²) in [6.45, 7) is 11.0. The highest BCUT2D eigenvalue weighted by Crippen LogP contribution is 2.14. The molecule has 0 bridgehead atoms. The largest absolute Gasteiger partial charge is 0.385 e. The molecule has 1 aromatic rings. The van der Waals surface area contributed by atoms with Crippen molar-refractivity contribution in [1.29, 1.82) is 0 Å². The molecule has 0 spiro atoms. The number of hydrogen-bond donors (Lipinski definition) is 2. The molecule has 0 aromatic carbocycles. The Hall–Kier alpha value is -1.29. The van der Waals surface area contributed by atoms with E-state index in [2.05, 4.69) is 42.0 Å². The fraction of sp³-hybridized carbons (Fsp3) is 0.688. The quantitative estimate of drug-likeness (QED) is 0.646. The van der Waals surface area contributed by atoms with Crippen LogP contribution >= 0.6 is 0 Å². The molecule has 0 radical (unpaired) electrons. The van der Waals surface area contributed by atoms with E-state index in [-0.39, 0.29) is 0 Å². The SMILES string of the molecule is CCCCNc1cc(N)nc(CCCN(CC)CC)c1. The monoisotopic (exact) mass is 278 g/mol. The summed E-state index contributed by atoms with van der Waals surface area (Å²) in [6, 6.07) is 4.05. The molecule has 0 atom stereocenters. The fourth-order valence-corrected chi connectivity index (χ4v) is 2.27. The van der Waals surface area contributed by atoms with Crippen molar-refractivity contribution < 1.29 is 0 Å². The van der Waals surface area contributed by atoms with Gasteiger partial charge in [-0.3, -0.25) is 0 Å². The molecule has 1 aromatic heterocycles. The lowest BCUT2D eigenvalue weighted by molar-refractivity contribution is 0.299. The van der Waals surface area contributed by atoms with Gasteiger partial charge in [0.05, 0.1) is 0 Å². The molecular formula is C16H30N4. The maximum atomic E-state index is 5.89. The van der Waals surface area contributed by atoms with Crippen molar-refractivity contribution in [2.45, 2.75) is 46.5 Å². The van der Waals surface area contributed by atoms with Gasteiger partial charge in [-0.25, -0.2) is 4.98 Å². The average Bonchev–Trinajstić information content (AvgIpc) is 2.43. The van der Waals surface area contributed by atoms with E-state index in [4.69, 9.17) is 5.73 Å². The van der Waals surface area contributed by atoms with Crippen LogP contribution in [-0.2, 0) is 6.42 Å². The third-order valence-electron chi connectivity index (χ3n) is 3.56. The Morgan fingerprint density at radius 3 is 2.55 bits per heavy atom. The predicted molar refractivity (Wildman–Crippen MR) is 88.2 cm³/mol. The first-order chi connectivity index (χ1) is 9.69. The standard InChI is InChI=1S/C16H30N4/c1-4-7-10-18-15-12-14(19-16(17)13-15)9-8-11-20(5-2)6-3/h12-13H,4-11H2,1-3H3,(H3,17,18,19). The molecule has 0 fully saturated rings. The number of anilines is 2. The lowest BCUT2D eigenvalue weighted by Gasteiger charge is -2.17. The normalized spacial score (nSPS) is 11.0. The van der Waals surface area contributed by atoms with Crippen LogP contribution in [0, 0.1) is 0 Å². The summed E-state index contributed by atoms with van der Waals surface area (Å²) in [5, 5.41) is 3.42. The molecule has 0 amide bonds. The Morgan fingerprint density at radius 1 is 1.15 bits per heavy atom. The highest BCUT2D eigenvalue weighted by molar-refractivity contribution is 5.51. The Bertz CT molecular complexity index is 375. The van der Waals surface area contributed by atoms with E-state index in [1.807, 2.05) is 6.07 Å². The fourth-order valence-electron chi connectivity index (χ4n) is 2.27. The van der Waals surface area contributed by atoms with Gasteiger partial charge in [-0.15, -0.1) is 0 Å². The lowest BCUT2D eigenvalue weighted by atomic mass is 10.2. The minimum absolute atomic E-state index is 0.615. The summed E-state index contributed by atoms with van der Waals surface area (Å²) in [7, 11) is 0. The van der Waals surface area contributed by atoms with Crippen LogP contribution in [0.15, 0.2) is 12.1 Å². The maximum Gasteiger partial charge on any atom is 0.125 e. The van der Waals surface area contributed by atoms with Crippen molar-refractivity contribution in [3.63, 3.8) is 0 Å². The molecule has 20 heavy (non-hydrogen) atoms. The molecule has 4 heteroatoms. The number of rotatable bonds is 10.